The maximum Gasteiger partial charge on any atom is 0.331 e. The Labute approximate surface area is 94.7 Å². The molecule has 0 bridgehead atoms. The average Bonchev–Trinajstić information content (AvgIpc) is 2.34. The first-order valence-corrected chi connectivity index (χ1v) is 4.69. The molecule has 1 aromatic carbocycles. The number of carbonyl (C=O) groups excluding carboxylic acids is 1. The van der Waals surface area contributed by atoms with Gasteiger partial charge in [0.1, 0.15) is 5.75 Å². The van der Waals surface area contributed by atoms with Gasteiger partial charge in [0.25, 0.3) is 0 Å². The summed E-state index contributed by atoms with van der Waals surface area (Å²) >= 11 is 0. The summed E-state index contributed by atoms with van der Waals surface area (Å²) in [5, 5.41) is 0. The molecule has 0 radical (unpaired) electrons. The minimum absolute atomic E-state index is 0.0188. The molecule has 0 unspecified atom stereocenters. The first kappa shape index (κ1) is 11.9. The third-order valence-corrected chi connectivity index (χ3v) is 1.84. The molecule has 0 aliphatic rings. The van der Waals surface area contributed by atoms with Crippen LogP contribution < -0.4 is 4.74 Å². The summed E-state index contributed by atoms with van der Waals surface area (Å²) in [5.41, 5.74) is 0.808. The van der Waals surface area contributed by atoms with Crippen molar-refractivity contribution in [2.75, 3.05) is 13.7 Å². The Hall–Kier alpha value is -2.21. The zero-order valence-corrected chi connectivity index (χ0v) is 8.97. The highest BCUT2D eigenvalue weighted by Crippen LogP contribution is 2.18. The fourth-order valence-electron chi connectivity index (χ4n) is 1.12. The first-order chi connectivity index (χ1) is 7.77. The topological polar surface area (TPSA) is 35.5 Å². The molecule has 0 aliphatic carbocycles. The van der Waals surface area contributed by atoms with Crippen LogP contribution in [0, 0.1) is 12.3 Å². The van der Waals surface area contributed by atoms with Crippen LogP contribution in [-0.2, 0) is 9.53 Å². The Morgan fingerprint density at radius 2 is 2.25 bits per heavy atom. The Morgan fingerprint density at radius 1 is 1.50 bits per heavy atom. The second kappa shape index (κ2) is 6.31. The molecule has 0 amide bonds. The van der Waals surface area contributed by atoms with Crippen molar-refractivity contribution in [1.29, 1.82) is 0 Å². The zero-order chi connectivity index (χ0) is 11.8. The Kier molecular flexibility index (Phi) is 4.68. The monoisotopic (exact) mass is 216 g/mol. The molecule has 0 spiro atoms. The van der Waals surface area contributed by atoms with Gasteiger partial charge in [0.2, 0.25) is 0 Å². The van der Waals surface area contributed by atoms with E-state index in [1.165, 1.54) is 6.08 Å². The van der Waals surface area contributed by atoms with Gasteiger partial charge >= 0.3 is 5.97 Å². The molecule has 1 rings (SSSR count). The quantitative estimate of drug-likeness (QED) is 0.438. The second-order valence-electron chi connectivity index (χ2n) is 2.89. The summed E-state index contributed by atoms with van der Waals surface area (Å²) in [6.45, 7) is -0.0188. The molecule has 0 aromatic heterocycles. The highest BCUT2D eigenvalue weighted by molar-refractivity contribution is 5.87. The van der Waals surface area contributed by atoms with Crippen LogP contribution in [-0.4, -0.2) is 19.7 Å². The molecule has 16 heavy (non-hydrogen) atoms. The van der Waals surface area contributed by atoms with Crippen molar-refractivity contribution < 1.29 is 14.3 Å². The molecule has 0 saturated carbocycles. The van der Waals surface area contributed by atoms with E-state index < -0.39 is 5.97 Å². The molecule has 0 fully saturated rings. The van der Waals surface area contributed by atoms with Crippen molar-refractivity contribution in [2.45, 2.75) is 0 Å². The van der Waals surface area contributed by atoms with Crippen LogP contribution in [0.15, 0.2) is 30.3 Å². The predicted molar refractivity (Wildman–Crippen MR) is 61.8 cm³/mol. The maximum absolute atomic E-state index is 11.1. The minimum atomic E-state index is -0.469. The number of rotatable bonds is 4. The summed E-state index contributed by atoms with van der Waals surface area (Å²) in [5.74, 6) is 2.45. The van der Waals surface area contributed by atoms with Crippen molar-refractivity contribution >= 4 is 12.0 Å². The normalized spacial score (nSPS) is 9.75. The smallest absolute Gasteiger partial charge is 0.331 e. The number of benzene rings is 1. The van der Waals surface area contributed by atoms with Gasteiger partial charge in [0.15, 0.2) is 6.61 Å². The fourth-order valence-corrected chi connectivity index (χ4v) is 1.12. The van der Waals surface area contributed by atoms with Crippen molar-refractivity contribution in [2.24, 2.45) is 0 Å². The third kappa shape index (κ3) is 3.50. The van der Waals surface area contributed by atoms with Gasteiger partial charge in [0.05, 0.1) is 7.11 Å². The molecular weight excluding hydrogens is 204 g/mol. The highest BCUT2D eigenvalue weighted by atomic mass is 16.5. The van der Waals surface area contributed by atoms with Gasteiger partial charge in [-0.1, -0.05) is 24.1 Å². The van der Waals surface area contributed by atoms with Crippen molar-refractivity contribution in [1.82, 2.24) is 0 Å². The number of ether oxygens (including phenoxy) is 2. The molecular formula is C13H12O3. The number of hydrogen-bond donors (Lipinski definition) is 0. The lowest BCUT2D eigenvalue weighted by molar-refractivity contribution is -0.136. The van der Waals surface area contributed by atoms with Crippen molar-refractivity contribution in [3.8, 4) is 18.1 Å². The molecule has 0 heterocycles. The number of carbonyl (C=O) groups is 1. The van der Waals surface area contributed by atoms with E-state index in [0.29, 0.717) is 5.75 Å². The van der Waals surface area contributed by atoms with Crippen LogP contribution in [0.25, 0.3) is 6.08 Å². The molecule has 82 valence electrons. The Balaban J connectivity index is 2.69. The van der Waals surface area contributed by atoms with Crippen LogP contribution >= 0.6 is 0 Å². The van der Waals surface area contributed by atoms with Gasteiger partial charge in [-0.25, -0.2) is 4.79 Å². The van der Waals surface area contributed by atoms with Crippen LogP contribution in [0.5, 0.6) is 5.75 Å². The number of hydrogen-bond acceptors (Lipinski definition) is 3. The lowest BCUT2D eigenvalue weighted by Gasteiger charge is -2.02. The summed E-state index contributed by atoms with van der Waals surface area (Å²) in [6.07, 6.45) is 7.90. The molecule has 1 aromatic rings. The predicted octanol–water partition coefficient (Wildman–Crippen LogP) is 1.88. The third-order valence-electron chi connectivity index (χ3n) is 1.84. The standard InChI is InChI=1S/C13H12O3/c1-3-10-16-13(14)9-8-11-6-4-5-7-12(11)15-2/h1,4-9H,10H2,2H3/b9-8+. The summed E-state index contributed by atoms with van der Waals surface area (Å²) in [4.78, 5) is 11.1. The second-order valence-corrected chi connectivity index (χ2v) is 2.89. The molecule has 0 atom stereocenters. The lowest BCUT2D eigenvalue weighted by atomic mass is 10.2. The Morgan fingerprint density at radius 3 is 2.94 bits per heavy atom. The minimum Gasteiger partial charge on any atom is -0.496 e. The van der Waals surface area contributed by atoms with Gasteiger partial charge in [-0.05, 0) is 12.1 Å². The largest absolute Gasteiger partial charge is 0.496 e. The SMILES string of the molecule is C#CCOC(=O)/C=C/c1ccccc1OC. The molecule has 0 aliphatic heterocycles. The van der Waals surface area contributed by atoms with Crippen molar-refractivity contribution in [3.63, 3.8) is 0 Å². The van der Waals surface area contributed by atoms with Gasteiger partial charge in [-0.15, -0.1) is 6.42 Å². The van der Waals surface area contributed by atoms with Crippen molar-refractivity contribution in [3.05, 3.63) is 35.9 Å². The first-order valence-electron chi connectivity index (χ1n) is 4.69. The van der Waals surface area contributed by atoms with Crippen LogP contribution in [0.1, 0.15) is 5.56 Å². The molecule has 3 nitrogen and oxygen atoms in total. The maximum atomic E-state index is 11.1. The molecule has 0 saturated heterocycles. The average molecular weight is 216 g/mol. The van der Waals surface area contributed by atoms with E-state index in [0.717, 1.165) is 5.56 Å². The number of esters is 1. The van der Waals surface area contributed by atoms with E-state index in [1.54, 1.807) is 13.2 Å². The van der Waals surface area contributed by atoms with E-state index in [9.17, 15) is 4.79 Å². The fraction of sp³-hybridized carbons (Fsp3) is 0.154. The highest BCUT2D eigenvalue weighted by Gasteiger charge is 1.99. The lowest BCUT2D eigenvalue weighted by Crippen LogP contribution is -2.00. The van der Waals surface area contributed by atoms with Crippen LogP contribution in [0.3, 0.4) is 0 Å². The van der Waals surface area contributed by atoms with Crippen LogP contribution in [0.2, 0.25) is 0 Å². The summed E-state index contributed by atoms with van der Waals surface area (Å²) < 4.78 is 9.81. The zero-order valence-electron chi connectivity index (χ0n) is 8.97. The van der Waals surface area contributed by atoms with Gasteiger partial charge in [0, 0.05) is 11.6 Å². The molecule has 3 heteroatoms. The van der Waals surface area contributed by atoms with Gasteiger partial charge in [-0.3, -0.25) is 0 Å². The number of methoxy groups -OCH3 is 1. The van der Waals surface area contributed by atoms with E-state index in [2.05, 4.69) is 10.7 Å². The van der Waals surface area contributed by atoms with Gasteiger partial charge < -0.3 is 9.47 Å². The van der Waals surface area contributed by atoms with E-state index in [1.807, 2.05) is 24.3 Å². The van der Waals surface area contributed by atoms with E-state index >= 15 is 0 Å². The number of terminal acetylenes is 1. The Bertz CT molecular complexity index is 427. The number of para-hydroxylation sites is 1. The van der Waals surface area contributed by atoms with Gasteiger partial charge in [-0.2, -0.15) is 0 Å². The van der Waals surface area contributed by atoms with E-state index in [4.69, 9.17) is 11.2 Å². The summed E-state index contributed by atoms with van der Waals surface area (Å²) in [7, 11) is 1.57. The molecule has 0 N–H and O–H groups in total. The van der Waals surface area contributed by atoms with E-state index in [-0.39, 0.29) is 6.61 Å². The van der Waals surface area contributed by atoms with Crippen LogP contribution in [0.4, 0.5) is 0 Å². The summed E-state index contributed by atoms with van der Waals surface area (Å²) in [6, 6.07) is 7.36.